The molecule has 0 heterocycles. The van der Waals surface area contributed by atoms with Crippen molar-refractivity contribution < 1.29 is 9.84 Å². The second-order valence-corrected chi connectivity index (χ2v) is 4.14. The van der Waals surface area contributed by atoms with Crippen molar-refractivity contribution in [3.63, 3.8) is 0 Å². The molecule has 0 aromatic heterocycles. The standard InChI is InChI=1S/C17H16O2/c1-19-17-11-9-15(10-12-17)16(13-18)8-7-14-5-3-2-4-6-14/h2-6,9-12,16,18H,13H2,1H3. The summed E-state index contributed by atoms with van der Waals surface area (Å²) in [5.41, 5.74) is 1.95. The van der Waals surface area contributed by atoms with Crippen LogP contribution in [0.15, 0.2) is 54.6 Å². The maximum absolute atomic E-state index is 9.45. The quantitative estimate of drug-likeness (QED) is 0.851. The molecule has 1 N–H and O–H groups in total. The molecule has 0 saturated carbocycles. The zero-order valence-electron chi connectivity index (χ0n) is 10.8. The van der Waals surface area contributed by atoms with Crippen LogP contribution in [-0.4, -0.2) is 18.8 Å². The van der Waals surface area contributed by atoms with Gasteiger partial charge in [-0.2, -0.15) is 0 Å². The number of benzene rings is 2. The average Bonchev–Trinajstić information content (AvgIpc) is 2.49. The summed E-state index contributed by atoms with van der Waals surface area (Å²) in [6.07, 6.45) is 0. The van der Waals surface area contributed by atoms with E-state index >= 15 is 0 Å². The Hall–Kier alpha value is -2.24. The molecule has 2 heteroatoms. The lowest BCUT2D eigenvalue weighted by atomic mass is 10.00. The fourth-order valence-electron chi connectivity index (χ4n) is 1.76. The third kappa shape index (κ3) is 3.61. The van der Waals surface area contributed by atoms with Crippen molar-refractivity contribution in [3.05, 3.63) is 65.7 Å². The van der Waals surface area contributed by atoms with Crippen molar-refractivity contribution >= 4 is 0 Å². The monoisotopic (exact) mass is 252 g/mol. The second kappa shape index (κ2) is 6.63. The van der Waals surface area contributed by atoms with Gasteiger partial charge < -0.3 is 9.84 Å². The molecular formula is C17H16O2. The zero-order chi connectivity index (χ0) is 13.5. The molecule has 2 aromatic carbocycles. The summed E-state index contributed by atoms with van der Waals surface area (Å²) in [5, 5.41) is 9.45. The van der Waals surface area contributed by atoms with E-state index in [2.05, 4.69) is 11.8 Å². The first-order chi connectivity index (χ1) is 9.33. The van der Waals surface area contributed by atoms with Gasteiger partial charge in [0, 0.05) is 5.56 Å². The van der Waals surface area contributed by atoms with Crippen molar-refractivity contribution in [2.75, 3.05) is 13.7 Å². The Morgan fingerprint density at radius 1 is 1.05 bits per heavy atom. The lowest BCUT2D eigenvalue weighted by molar-refractivity contribution is 0.286. The summed E-state index contributed by atoms with van der Waals surface area (Å²) in [7, 11) is 1.63. The predicted octanol–water partition coefficient (Wildman–Crippen LogP) is 2.82. The van der Waals surface area contributed by atoms with Crippen LogP contribution in [0.1, 0.15) is 17.0 Å². The Labute approximate surface area is 113 Å². The van der Waals surface area contributed by atoms with Gasteiger partial charge in [0.1, 0.15) is 5.75 Å². The van der Waals surface area contributed by atoms with Gasteiger partial charge in [0.2, 0.25) is 0 Å². The molecular weight excluding hydrogens is 236 g/mol. The molecule has 0 aliphatic carbocycles. The molecule has 0 radical (unpaired) electrons. The Bertz CT molecular complexity index is 562. The number of methoxy groups -OCH3 is 1. The van der Waals surface area contributed by atoms with Crippen LogP contribution in [-0.2, 0) is 0 Å². The number of aliphatic hydroxyl groups is 1. The maximum atomic E-state index is 9.45. The smallest absolute Gasteiger partial charge is 0.118 e. The van der Waals surface area contributed by atoms with Gasteiger partial charge in [-0.25, -0.2) is 0 Å². The minimum Gasteiger partial charge on any atom is -0.497 e. The van der Waals surface area contributed by atoms with E-state index in [1.54, 1.807) is 7.11 Å². The SMILES string of the molecule is COc1ccc(C(C#Cc2ccccc2)CO)cc1. The first-order valence-electron chi connectivity index (χ1n) is 6.15. The number of ether oxygens (including phenoxy) is 1. The summed E-state index contributed by atoms with van der Waals surface area (Å²) in [6.45, 7) is 0.00611. The highest BCUT2D eigenvalue weighted by Crippen LogP contribution is 2.18. The summed E-state index contributed by atoms with van der Waals surface area (Å²) in [4.78, 5) is 0. The van der Waals surface area contributed by atoms with Crippen LogP contribution in [0.2, 0.25) is 0 Å². The maximum Gasteiger partial charge on any atom is 0.118 e. The molecule has 1 atom stereocenters. The number of hydrogen-bond acceptors (Lipinski definition) is 2. The molecule has 2 rings (SSSR count). The highest BCUT2D eigenvalue weighted by molar-refractivity contribution is 5.39. The molecule has 0 spiro atoms. The summed E-state index contributed by atoms with van der Waals surface area (Å²) < 4.78 is 5.11. The van der Waals surface area contributed by atoms with Gasteiger partial charge in [0.15, 0.2) is 0 Å². The Kier molecular flexibility index (Phi) is 4.60. The fraction of sp³-hybridized carbons (Fsp3) is 0.176. The van der Waals surface area contributed by atoms with Crippen LogP contribution >= 0.6 is 0 Å². The third-order valence-electron chi connectivity index (χ3n) is 2.87. The van der Waals surface area contributed by atoms with Gasteiger partial charge in [0.25, 0.3) is 0 Å². The number of aliphatic hydroxyl groups excluding tert-OH is 1. The number of rotatable bonds is 3. The molecule has 96 valence electrons. The molecule has 1 unspecified atom stereocenters. The minimum absolute atomic E-state index is 0.00611. The van der Waals surface area contributed by atoms with Crippen molar-refractivity contribution in [2.45, 2.75) is 5.92 Å². The molecule has 0 aliphatic rings. The first kappa shape index (κ1) is 13.2. The van der Waals surface area contributed by atoms with Crippen LogP contribution in [0.3, 0.4) is 0 Å². The predicted molar refractivity (Wildman–Crippen MR) is 76.1 cm³/mol. The minimum atomic E-state index is -0.175. The summed E-state index contributed by atoms with van der Waals surface area (Å²) >= 11 is 0. The molecule has 0 aliphatic heterocycles. The van der Waals surface area contributed by atoms with E-state index in [4.69, 9.17) is 4.74 Å². The van der Waals surface area contributed by atoms with Crippen LogP contribution in [0.25, 0.3) is 0 Å². The van der Waals surface area contributed by atoms with E-state index < -0.39 is 0 Å². The van der Waals surface area contributed by atoms with Crippen molar-refractivity contribution in [1.29, 1.82) is 0 Å². The Morgan fingerprint density at radius 2 is 1.74 bits per heavy atom. The molecule has 2 nitrogen and oxygen atoms in total. The largest absolute Gasteiger partial charge is 0.497 e. The van der Waals surface area contributed by atoms with E-state index in [-0.39, 0.29) is 12.5 Å². The van der Waals surface area contributed by atoms with E-state index in [0.29, 0.717) is 0 Å². The Balaban J connectivity index is 2.18. The van der Waals surface area contributed by atoms with Crippen LogP contribution in [0, 0.1) is 11.8 Å². The van der Waals surface area contributed by atoms with Gasteiger partial charge in [-0.1, -0.05) is 42.2 Å². The van der Waals surface area contributed by atoms with Crippen molar-refractivity contribution in [3.8, 4) is 17.6 Å². The van der Waals surface area contributed by atoms with E-state index in [1.807, 2.05) is 54.6 Å². The third-order valence-corrected chi connectivity index (χ3v) is 2.87. The molecule has 0 saturated heterocycles. The summed E-state index contributed by atoms with van der Waals surface area (Å²) in [6, 6.07) is 17.4. The highest BCUT2D eigenvalue weighted by Gasteiger charge is 2.06. The zero-order valence-corrected chi connectivity index (χ0v) is 10.8. The number of hydrogen-bond donors (Lipinski definition) is 1. The molecule has 0 amide bonds. The van der Waals surface area contributed by atoms with E-state index in [0.717, 1.165) is 16.9 Å². The van der Waals surface area contributed by atoms with Crippen molar-refractivity contribution in [2.24, 2.45) is 0 Å². The molecule has 2 aromatic rings. The Morgan fingerprint density at radius 3 is 2.32 bits per heavy atom. The van der Waals surface area contributed by atoms with Gasteiger partial charge in [-0.05, 0) is 29.8 Å². The van der Waals surface area contributed by atoms with Crippen molar-refractivity contribution in [1.82, 2.24) is 0 Å². The molecule has 0 fully saturated rings. The highest BCUT2D eigenvalue weighted by atomic mass is 16.5. The lowest BCUT2D eigenvalue weighted by Gasteiger charge is -2.08. The average molecular weight is 252 g/mol. The van der Waals surface area contributed by atoms with Crippen LogP contribution in [0.5, 0.6) is 5.75 Å². The van der Waals surface area contributed by atoms with E-state index in [9.17, 15) is 5.11 Å². The van der Waals surface area contributed by atoms with E-state index in [1.165, 1.54) is 0 Å². The lowest BCUT2D eigenvalue weighted by Crippen LogP contribution is -2.01. The van der Waals surface area contributed by atoms with Gasteiger partial charge in [-0.3, -0.25) is 0 Å². The fourth-order valence-corrected chi connectivity index (χ4v) is 1.76. The van der Waals surface area contributed by atoms with Gasteiger partial charge >= 0.3 is 0 Å². The van der Waals surface area contributed by atoms with Crippen LogP contribution in [0.4, 0.5) is 0 Å². The topological polar surface area (TPSA) is 29.5 Å². The normalized spacial score (nSPS) is 11.3. The van der Waals surface area contributed by atoms with Gasteiger partial charge in [0.05, 0.1) is 19.6 Å². The first-order valence-corrected chi connectivity index (χ1v) is 6.15. The summed E-state index contributed by atoms with van der Waals surface area (Å²) in [5.74, 6) is 6.81. The second-order valence-electron chi connectivity index (χ2n) is 4.14. The van der Waals surface area contributed by atoms with Gasteiger partial charge in [-0.15, -0.1) is 0 Å². The molecule has 19 heavy (non-hydrogen) atoms. The molecule has 0 bridgehead atoms. The van der Waals surface area contributed by atoms with Crippen LogP contribution < -0.4 is 4.74 Å².